The summed E-state index contributed by atoms with van der Waals surface area (Å²) in [6.07, 6.45) is 1.51. The molecule has 2 aromatic rings. The monoisotopic (exact) mass is 399 g/mol. The van der Waals surface area contributed by atoms with Gasteiger partial charge in [-0.15, -0.1) is 11.3 Å². The highest BCUT2D eigenvalue weighted by Crippen LogP contribution is 2.18. The first-order chi connectivity index (χ1) is 13.7. The number of carbonyl (C=O) groups excluding carboxylic acids is 1. The highest BCUT2D eigenvalue weighted by Gasteiger charge is 2.29. The summed E-state index contributed by atoms with van der Waals surface area (Å²) in [7, 11) is 0. The topological polar surface area (TPSA) is 69.6 Å². The maximum absolute atomic E-state index is 12.3. The lowest BCUT2D eigenvalue weighted by molar-refractivity contribution is -0.127. The largest absolute Gasteiger partial charge is 0.357 e. The first-order valence-corrected chi connectivity index (χ1v) is 10.8. The Balaban J connectivity index is 1.47. The van der Waals surface area contributed by atoms with Gasteiger partial charge in [-0.2, -0.15) is 0 Å². The van der Waals surface area contributed by atoms with Gasteiger partial charge in [0.05, 0.1) is 17.7 Å². The normalized spacial score (nSPS) is 17.2. The molecule has 1 aliphatic heterocycles. The number of carbonyl (C=O) groups is 1. The minimum atomic E-state index is 0.255. The molecule has 0 bridgehead atoms. The molecule has 1 saturated heterocycles. The molecule has 3 rings (SSSR count). The maximum Gasteiger partial charge on any atom is 0.223 e. The molecule has 0 saturated carbocycles. The van der Waals surface area contributed by atoms with Crippen molar-refractivity contribution >= 4 is 23.2 Å². The number of aryl methyl sites for hydroxylation is 1. The van der Waals surface area contributed by atoms with Crippen LogP contribution in [0.25, 0.3) is 0 Å². The van der Waals surface area contributed by atoms with Gasteiger partial charge in [0.2, 0.25) is 5.91 Å². The van der Waals surface area contributed by atoms with Gasteiger partial charge in [-0.05, 0) is 25.8 Å². The molecule has 1 atom stereocenters. The van der Waals surface area contributed by atoms with E-state index in [1.807, 2.05) is 35.5 Å². The molecule has 0 aliphatic carbocycles. The fourth-order valence-electron chi connectivity index (χ4n) is 3.33. The molecule has 1 aromatic carbocycles. The Labute approximate surface area is 171 Å². The molecule has 1 aliphatic rings. The summed E-state index contributed by atoms with van der Waals surface area (Å²) in [5, 5.41) is 6.69. The molecule has 0 radical (unpaired) electrons. The Hall–Kier alpha value is -2.41. The maximum atomic E-state index is 12.3. The van der Waals surface area contributed by atoms with Gasteiger partial charge in [-0.1, -0.05) is 30.3 Å². The van der Waals surface area contributed by atoms with Gasteiger partial charge >= 0.3 is 0 Å². The number of hydrogen-bond donors (Lipinski definition) is 2. The smallest absolute Gasteiger partial charge is 0.223 e. The fraction of sp³-hybridized carbons (Fsp3) is 0.476. The van der Waals surface area contributed by atoms with Crippen molar-refractivity contribution in [1.29, 1.82) is 0 Å². The minimum Gasteiger partial charge on any atom is -0.357 e. The highest BCUT2D eigenvalue weighted by molar-refractivity contribution is 7.09. The van der Waals surface area contributed by atoms with Crippen LogP contribution in [0, 0.1) is 12.8 Å². The number of thiazole rings is 1. The van der Waals surface area contributed by atoms with Crippen LogP contribution in [0.1, 0.15) is 29.5 Å². The SMILES string of the molecule is CCNC(=NCc1scnc1C)NCC1CC(=O)N(CCc2ccccc2)C1. The number of rotatable bonds is 8. The molecule has 1 aromatic heterocycles. The number of aromatic nitrogens is 1. The Morgan fingerprint density at radius 2 is 2.14 bits per heavy atom. The third-order valence-corrected chi connectivity index (χ3v) is 5.86. The van der Waals surface area contributed by atoms with Crippen molar-refractivity contribution in [3.8, 4) is 0 Å². The van der Waals surface area contributed by atoms with Crippen molar-refractivity contribution in [3.63, 3.8) is 0 Å². The van der Waals surface area contributed by atoms with Crippen LogP contribution in [-0.4, -0.2) is 47.9 Å². The van der Waals surface area contributed by atoms with Gasteiger partial charge in [0.1, 0.15) is 0 Å². The minimum absolute atomic E-state index is 0.255. The summed E-state index contributed by atoms with van der Waals surface area (Å²) in [4.78, 5) is 24.4. The second kappa shape index (κ2) is 10.2. The predicted molar refractivity (Wildman–Crippen MR) is 115 cm³/mol. The lowest BCUT2D eigenvalue weighted by Crippen LogP contribution is -2.40. The Bertz CT molecular complexity index is 789. The first-order valence-electron chi connectivity index (χ1n) is 9.88. The van der Waals surface area contributed by atoms with Gasteiger partial charge in [-0.3, -0.25) is 4.79 Å². The second-order valence-electron chi connectivity index (χ2n) is 7.08. The van der Waals surface area contributed by atoms with Gasteiger partial charge < -0.3 is 15.5 Å². The van der Waals surface area contributed by atoms with E-state index < -0.39 is 0 Å². The van der Waals surface area contributed by atoms with E-state index in [1.54, 1.807) is 11.3 Å². The van der Waals surface area contributed by atoms with Crippen LogP contribution in [0.4, 0.5) is 0 Å². The van der Waals surface area contributed by atoms with Crippen molar-refractivity contribution < 1.29 is 4.79 Å². The molecule has 1 amide bonds. The Morgan fingerprint density at radius 3 is 2.86 bits per heavy atom. The number of nitrogens with zero attached hydrogens (tertiary/aromatic N) is 3. The van der Waals surface area contributed by atoms with Crippen LogP contribution in [-0.2, 0) is 17.8 Å². The summed E-state index contributed by atoms with van der Waals surface area (Å²) in [6, 6.07) is 10.3. The van der Waals surface area contributed by atoms with Gasteiger partial charge in [0, 0.05) is 43.4 Å². The molecular weight excluding hydrogens is 370 g/mol. The quantitative estimate of drug-likeness (QED) is 0.529. The molecule has 2 N–H and O–H groups in total. The predicted octanol–water partition coefficient (Wildman–Crippen LogP) is 2.60. The lowest BCUT2D eigenvalue weighted by atomic mass is 10.1. The zero-order valence-electron chi connectivity index (χ0n) is 16.6. The number of aliphatic imine (C=N–C) groups is 1. The summed E-state index contributed by atoms with van der Waals surface area (Å²) >= 11 is 1.63. The van der Waals surface area contributed by atoms with Crippen LogP contribution < -0.4 is 10.6 Å². The van der Waals surface area contributed by atoms with E-state index in [9.17, 15) is 4.79 Å². The van der Waals surface area contributed by atoms with Gasteiger partial charge in [0.15, 0.2) is 5.96 Å². The molecule has 7 heteroatoms. The zero-order valence-corrected chi connectivity index (χ0v) is 17.5. The Morgan fingerprint density at radius 1 is 1.32 bits per heavy atom. The second-order valence-corrected chi connectivity index (χ2v) is 8.02. The van der Waals surface area contributed by atoms with Crippen LogP contribution in [0.3, 0.4) is 0 Å². The van der Waals surface area contributed by atoms with E-state index in [4.69, 9.17) is 0 Å². The molecule has 28 heavy (non-hydrogen) atoms. The van der Waals surface area contributed by atoms with Crippen LogP contribution in [0.2, 0.25) is 0 Å². The molecular formula is C21H29N5OS. The lowest BCUT2D eigenvalue weighted by Gasteiger charge is -2.18. The molecule has 1 unspecified atom stereocenters. The summed E-state index contributed by atoms with van der Waals surface area (Å²) in [5.74, 6) is 1.37. The van der Waals surface area contributed by atoms with Crippen molar-refractivity contribution in [2.24, 2.45) is 10.9 Å². The number of amides is 1. The van der Waals surface area contributed by atoms with Crippen molar-refractivity contribution in [2.75, 3.05) is 26.2 Å². The molecule has 6 nitrogen and oxygen atoms in total. The number of benzene rings is 1. The Kier molecular flexibility index (Phi) is 7.42. The van der Waals surface area contributed by atoms with E-state index in [-0.39, 0.29) is 5.91 Å². The number of guanidine groups is 1. The molecule has 0 spiro atoms. The average Bonchev–Trinajstić information content (AvgIpc) is 3.28. The fourth-order valence-corrected chi connectivity index (χ4v) is 4.03. The molecule has 2 heterocycles. The van der Waals surface area contributed by atoms with Crippen LogP contribution in [0.5, 0.6) is 0 Å². The van der Waals surface area contributed by atoms with Crippen molar-refractivity contribution in [3.05, 3.63) is 52.0 Å². The van der Waals surface area contributed by atoms with E-state index in [0.717, 1.165) is 44.3 Å². The van der Waals surface area contributed by atoms with Crippen LogP contribution >= 0.6 is 11.3 Å². The molecule has 150 valence electrons. The number of likely N-dealkylation sites (tertiary alicyclic amines) is 1. The summed E-state index contributed by atoms with van der Waals surface area (Å²) in [6.45, 7) is 7.85. The summed E-state index contributed by atoms with van der Waals surface area (Å²) < 4.78 is 0. The third-order valence-electron chi connectivity index (χ3n) is 4.94. The van der Waals surface area contributed by atoms with E-state index in [0.29, 0.717) is 18.9 Å². The van der Waals surface area contributed by atoms with E-state index in [2.05, 4.69) is 39.7 Å². The first kappa shape index (κ1) is 20.3. The third kappa shape index (κ3) is 5.79. The highest BCUT2D eigenvalue weighted by atomic mass is 32.1. The van der Waals surface area contributed by atoms with Crippen LogP contribution in [0.15, 0.2) is 40.8 Å². The van der Waals surface area contributed by atoms with E-state index >= 15 is 0 Å². The average molecular weight is 400 g/mol. The zero-order chi connectivity index (χ0) is 19.8. The van der Waals surface area contributed by atoms with E-state index in [1.165, 1.54) is 10.4 Å². The summed E-state index contributed by atoms with van der Waals surface area (Å²) in [5.41, 5.74) is 4.17. The van der Waals surface area contributed by atoms with Gasteiger partial charge in [0.25, 0.3) is 0 Å². The van der Waals surface area contributed by atoms with Gasteiger partial charge in [-0.25, -0.2) is 9.98 Å². The van der Waals surface area contributed by atoms with Crippen molar-refractivity contribution in [1.82, 2.24) is 20.5 Å². The number of nitrogens with one attached hydrogen (secondary N) is 2. The molecule has 1 fully saturated rings. The van der Waals surface area contributed by atoms with Crippen molar-refractivity contribution in [2.45, 2.75) is 33.2 Å². The standard InChI is InChI=1S/C21H29N5OS/c1-3-22-21(24-13-19-16(2)25-15-28-19)23-12-18-11-20(27)26(14-18)10-9-17-7-5-4-6-8-17/h4-8,15,18H,3,9-14H2,1-2H3,(H2,22,23,24). The number of hydrogen-bond acceptors (Lipinski definition) is 4.